The number of carbonyl (C=O) groups excluding carboxylic acids is 3. The van der Waals surface area contributed by atoms with Crippen molar-refractivity contribution in [3.8, 4) is 0 Å². The van der Waals surface area contributed by atoms with Crippen molar-refractivity contribution in [1.82, 2.24) is 4.31 Å². The number of piperidine rings is 1. The Kier molecular flexibility index (Phi) is 7.83. The first-order valence-electron chi connectivity index (χ1n) is 10.5. The summed E-state index contributed by atoms with van der Waals surface area (Å²) in [6, 6.07) is 10.4. The normalized spacial score (nSPS) is 14.4. The number of esters is 2. The quantitative estimate of drug-likeness (QED) is 0.613. The molecule has 176 valence electrons. The van der Waals surface area contributed by atoms with Crippen molar-refractivity contribution in [3.05, 3.63) is 59.2 Å². The Morgan fingerprint density at radius 1 is 0.970 bits per heavy atom. The average Bonchev–Trinajstić information content (AvgIpc) is 2.83. The van der Waals surface area contributed by atoms with E-state index in [1.807, 2.05) is 0 Å². The molecule has 0 bridgehead atoms. The molecule has 1 aliphatic heterocycles. The van der Waals surface area contributed by atoms with Gasteiger partial charge < -0.3 is 14.8 Å². The molecule has 0 spiro atoms. The maximum atomic E-state index is 13.0. The number of hydrogen-bond acceptors (Lipinski definition) is 7. The van der Waals surface area contributed by atoms with E-state index in [9.17, 15) is 22.8 Å². The number of nitrogens with one attached hydrogen (secondary N) is 1. The Hall–Kier alpha value is -3.24. The molecule has 1 aliphatic rings. The lowest BCUT2D eigenvalue weighted by molar-refractivity contribution is -0.119. The minimum absolute atomic E-state index is 0.0386. The summed E-state index contributed by atoms with van der Waals surface area (Å²) >= 11 is 0. The van der Waals surface area contributed by atoms with E-state index in [2.05, 4.69) is 10.1 Å². The molecule has 0 saturated carbocycles. The number of ether oxygens (including phenoxy) is 2. The number of rotatable bonds is 7. The minimum atomic E-state index is -3.73. The van der Waals surface area contributed by atoms with Gasteiger partial charge in [-0.2, -0.15) is 4.31 Å². The number of aryl methyl sites for hydroxylation is 1. The maximum absolute atomic E-state index is 13.0. The molecule has 0 radical (unpaired) electrons. The second kappa shape index (κ2) is 10.6. The van der Waals surface area contributed by atoms with E-state index >= 15 is 0 Å². The standard InChI is InChI=1S/C23H26N2O7S/c1-16-9-10-18(14-20(16)33(29,30)25-11-4-3-5-12-25)23(28)32-15-21(26)24-19-8-6-7-17(13-19)22(27)31-2/h6-10,13-14H,3-5,11-12,15H2,1-2H3,(H,24,26). The summed E-state index contributed by atoms with van der Waals surface area (Å²) in [7, 11) is -2.47. The molecule has 9 nitrogen and oxygen atoms in total. The average molecular weight is 475 g/mol. The van der Waals surface area contributed by atoms with Crippen LogP contribution in [0.25, 0.3) is 0 Å². The largest absolute Gasteiger partial charge is 0.465 e. The number of benzene rings is 2. The van der Waals surface area contributed by atoms with Crippen molar-refractivity contribution in [1.29, 1.82) is 0 Å². The van der Waals surface area contributed by atoms with Crippen LogP contribution in [0.4, 0.5) is 5.69 Å². The van der Waals surface area contributed by atoms with Gasteiger partial charge in [-0.25, -0.2) is 18.0 Å². The summed E-state index contributed by atoms with van der Waals surface area (Å²) in [5.41, 5.74) is 1.16. The zero-order valence-corrected chi connectivity index (χ0v) is 19.3. The number of hydrogen-bond donors (Lipinski definition) is 1. The van der Waals surface area contributed by atoms with Gasteiger partial charge in [0.1, 0.15) is 0 Å². The van der Waals surface area contributed by atoms with Crippen molar-refractivity contribution in [2.45, 2.75) is 31.1 Å². The molecule has 0 aliphatic carbocycles. The summed E-state index contributed by atoms with van der Waals surface area (Å²) in [6.45, 7) is 1.99. The van der Waals surface area contributed by atoms with Crippen molar-refractivity contribution in [3.63, 3.8) is 0 Å². The van der Waals surface area contributed by atoms with E-state index in [1.54, 1.807) is 25.1 Å². The molecular formula is C23H26N2O7S. The zero-order valence-electron chi connectivity index (χ0n) is 18.5. The Labute approximate surface area is 192 Å². The fourth-order valence-corrected chi connectivity index (χ4v) is 5.27. The Morgan fingerprint density at radius 3 is 2.36 bits per heavy atom. The molecule has 1 heterocycles. The zero-order chi connectivity index (χ0) is 24.0. The van der Waals surface area contributed by atoms with E-state index in [-0.39, 0.29) is 16.0 Å². The lowest BCUT2D eigenvalue weighted by atomic mass is 10.1. The van der Waals surface area contributed by atoms with Crippen molar-refractivity contribution >= 4 is 33.6 Å². The Balaban J connectivity index is 1.65. The van der Waals surface area contributed by atoms with Crippen LogP contribution >= 0.6 is 0 Å². The first kappa shape index (κ1) is 24.4. The number of amides is 1. The van der Waals surface area contributed by atoms with Crippen LogP contribution in [0.1, 0.15) is 45.5 Å². The van der Waals surface area contributed by atoms with Crippen LogP contribution in [0.5, 0.6) is 0 Å². The molecule has 0 atom stereocenters. The second-order valence-corrected chi connectivity index (χ2v) is 9.55. The topological polar surface area (TPSA) is 119 Å². The molecule has 3 rings (SSSR count). The van der Waals surface area contributed by atoms with Crippen molar-refractivity contribution < 1.29 is 32.3 Å². The Morgan fingerprint density at radius 2 is 1.67 bits per heavy atom. The fraction of sp³-hybridized carbons (Fsp3) is 0.348. The van der Waals surface area contributed by atoms with E-state index in [0.29, 0.717) is 24.3 Å². The first-order chi connectivity index (χ1) is 15.7. The molecule has 1 amide bonds. The van der Waals surface area contributed by atoms with Crippen LogP contribution in [0, 0.1) is 6.92 Å². The van der Waals surface area contributed by atoms with Crippen LogP contribution in [-0.2, 0) is 24.3 Å². The van der Waals surface area contributed by atoms with Gasteiger partial charge in [0.25, 0.3) is 5.91 Å². The highest BCUT2D eigenvalue weighted by Gasteiger charge is 2.28. The lowest BCUT2D eigenvalue weighted by Gasteiger charge is -2.26. The molecule has 1 fully saturated rings. The molecule has 10 heteroatoms. The predicted molar refractivity (Wildman–Crippen MR) is 120 cm³/mol. The number of carbonyl (C=O) groups is 3. The highest BCUT2D eigenvalue weighted by atomic mass is 32.2. The summed E-state index contributed by atoms with van der Waals surface area (Å²) in [5.74, 6) is -1.98. The molecule has 0 unspecified atom stereocenters. The van der Waals surface area contributed by atoms with E-state index in [0.717, 1.165) is 19.3 Å². The van der Waals surface area contributed by atoms with Crippen LogP contribution in [0.2, 0.25) is 0 Å². The Bertz CT molecular complexity index is 1160. The third-order valence-corrected chi connectivity index (χ3v) is 7.30. The van der Waals surface area contributed by atoms with E-state index in [1.165, 1.54) is 35.7 Å². The third-order valence-electron chi connectivity index (χ3n) is 5.26. The van der Waals surface area contributed by atoms with Gasteiger partial charge in [0.2, 0.25) is 10.0 Å². The molecule has 33 heavy (non-hydrogen) atoms. The van der Waals surface area contributed by atoms with E-state index < -0.39 is 34.5 Å². The van der Waals surface area contributed by atoms with Crippen LogP contribution in [0.15, 0.2) is 47.4 Å². The molecular weight excluding hydrogens is 448 g/mol. The van der Waals surface area contributed by atoms with Gasteiger partial charge in [-0.1, -0.05) is 18.6 Å². The first-order valence-corrected chi connectivity index (χ1v) is 11.9. The highest BCUT2D eigenvalue weighted by molar-refractivity contribution is 7.89. The summed E-state index contributed by atoms with van der Waals surface area (Å²) in [4.78, 5) is 36.3. The van der Waals surface area contributed by atoms with Crippen LogP contribution < -0.4 is 5.32 Å². The molecule has 1 N–H and O–H groups in total. The summed E-state index contributed by atoms with van der Waals surface area (Å²) in [5, 5.41) is 2.53. The van der Waals surface area contributed by atoms with Crippen molar-refractivity contribution in [2.75, 3.05) is 32.1 Å². The van der Waals surface area contributed by atoms with Gasteiger partial charge >= 0.3 is 11.9 Å². The monoisotopic (exact) mass is 474 g/mol. The van der Waals surface area contributed by atoms with Gasteiger partial charge in [0.05, 0.1) is 23.1 Å². The smallest absolute Gasteiger partial charge is 0.338 e. The van der Waals surface area contributed by atoms with Crippen LogP contribution in [-0.4, -0.2) is 57.4 Å². The molecule has 0 aromatic heterocycles. The second-order valence-electron chi connectivity index (χ2n) is 7.64. The van der Waals surface area contributed by atoms with Gasteiger partial charge in [-0.15, -0.1) is 0 Å². The van der Waals surface area contributed by atoms with Gasteiger partial charge in [0.15, 0.2) is 6.61 Å². The molecule has 1 saturated heterocycles. The van der Waals surface area contributed by atoms with E-state index in [4.69, 9.17) is 4.74 Å². The molecule has 2 aromatic rings. The highest BCUT2D eigenvalue weighted by Crippen LogP contribution is 2.24. The van der Waals surface area contributed by atoms with Gasteiger partial charge in [-0.05, 0) is 55.7 Å². The number of nitrogens with zero attached hydrogens (tertiary/aromatic N) is 1. The minimum Gasteiger partial charge on any atom is -0.465 e. The predicted octanol–water partition coefficient (Wildman–Crippen LogP) is 2.75. The number of sulfonamides is 1. The maximum Gasteiger partial charge on any atom is 0.338 e. The fourth-order valence-electron chi connectivity index (χ4n) is 3.50. The number of anilines is 1. The summed E-state index contributed by atoms with van der Waals surface area (Å²) < 4.78 is 37.2. The van der Waals surface area contributed by atoms with Crippen molar-refractivity contribution in [2.24, 2.45) is 0 Å². The SMILES string of the molecule is COC(=O)c1cccc(NC(=O)COC(=O)c2ccc(C)c(S(=O)(=O)N3CCCCC3)c2)c1. The lowest BCUT2D eigenvalue weighted by Crippen LogP contribution is -2.36. The number of methoxy groups -OCH3 is 1. The van der Waals surface area contributed by atoms with Gasteiger partial charge in [-0.3, -0.25) is 4.79 Å². The summed E-state index contributed by atoms with van der Waals surface area (Å²) in [6.07, 6.45) is 2.60. The molecule has 2 aromatic carbocycles. The van der Waals surface area contributed by atoms with Gasteiger partial charge in [0, 0.05) is 18.8 Å². The van der Waals surface area contributed by atoms with Crippen LogP contribution in [0.3, 0.4) is 0 Å². The third kappa shape index (κ3) is 5.96.